The second-order valence-corrected chi connectivity index (χ2v) is 7.83. The highest BCUT2D eigenvalue weighted by Crippen LogP contribution is 2.36. The Kier molecular flexibility index (Phi) is 9.51. The van der Waals surface area contributed by atoms with Crippen molar-refractivity contribution in [1.82, 2.24) is 5.32 Å². The van der Waals surface area contributed by atoms with E-state index in [-0.39, 0.29) is 41.4 Å². The summed E-state index contributed by atoms with van der Waals surface area (Å²) in [4.78, 5) is 50.5. The molecule has 0 fully saturated rings. The molecule has 0 radical (unpaired) electrons. The molecule has 1 aliphatic rings. The van der Waals surface area contributed by atoms with E-state index in [1.54, 1.807) is 13.8 Å². The van der Waals surface area contributed by atoms with E-state index in [9.17, 15) is 32.3 Å². The highest BCUT2D eigenvalue weighted by atomic mass is 35.5. The largest absolute Gasteiger partial charge is 0.463 e. The van der Waals surface area contributed by atoms with E-state index in [1.807, 2.05) is 0 Å². The van der Waals surface area contributed by atoms with E-state index in [0.29, 0.717) is 6.07 Å². The van der Waals surface area contributed by atoms with Crippen molar-refractivity contribution in [3.63, 3.8) is 0 Å². The Morgan fingerprint density at radius 3 is 1.97 bits per heavy atom. The van der Waals surface area contributed by atoms with Crippen molar-refractivity contribution in [3.05, 3.63) is 51.3 Å². The van der Waals surface area contributed by atoms with Gasteiger partial charge in [0.05, 0.1) is 34.9 Å². The summed E-state index contributed by atoms with van der Waals surface area (Å²) in [5, 5.41) is 4.45. The minimum absolute atomic E-state index is 0.0156. The summed E-state index contributed by atoms with van der Waals surface area (Å²) in [7, 11) is 0. The number of ether oxygens (including phenoxy) is 3. The van der Waals surface area contributed by atoms with Crippen LogP contribution >= 0.6 is 11.6 Å². The second kappa shape index (κ2) is 11.9. The van der Waals surface area contributed by atoms with Crippen molar-refractivity contribution in [2.24, 2.45) is 5.92 Å². The molecule has 0 aliphatic carbocycles. The van der Waals surface area contributed by atoms with Gasteiger partial charge >= 0.3 is 24.1 Å². The van der Waals surface area contributed by atoms with Crippen LogP contribution in [0.5, 0.6) is 0 Å². The number of carbonyl (C=O) groups is 4. The van der Waals surface area contributed by atoms with Crippen molar-refractivity contribution in [1.29, 1.82) is 0 Å². The first-order chi connectivity index (χ1) is 16.8. The number of hydrogen-bond acceptors (Lipinski definition) is 8. The van der Waals surface area contributed by atoms with Crippen molar-refractivity contribution in [2.45, 2.75) is 33.9 Å². The van der Waals surface area contributed by atoms with Gasteiger partial charge in [-0.15, -0.1) is 0 Å². The number of rotatable bonds is 8. The maximum atomic E-state index is 13.0. The summed E-state index contributed by atoms with van der Waals surface area (Å²) >= 11 is 5.56. The maximum Gasteiger partial charge on any atom is 0.417 e. The van der Waals surface area contributed by atoms with Gasteiger partial charge in [0, 0.05) is 17.1 Å². The number of hydrogen-bond donors (Lipinski definition) is 2. The molecule has 1 aliphatic heterocycles. The first-order valence-corrected chi connectivity index (χ1v) is 11.1. The molecule has 1 aromatic carbocycles. The standard InChI is InChI=1S/C23H24ClF3N2O7/c1-5-34-20(31)17-11(3)28-12(4)18(21(32)35-6-2)19(17)22(33)36-10-16(30)29-13-7-8-15(24)14(9-13)23(25,26)27/h7-9,19,28H,5-6,10H2,1-4H3,(H,29,30). The van der Waals surface area contributed by atoms with Crippen LogP contribution < -0.4 is 10.6 Å². The molecule has 1 amide bonds. The van der Waals surface area contributed by atoms with Crippen LogP contribution in [0, 0.1) is 5.92 Å². The first-order valence-electron chi connectivity index (χ1n) is 10.7. The van der Waals surface area contributed by atoms with E-state index >= 15 is 0 Å². The predicted molar refractivity (Wildman–Crippen MR) is 121 cm³/mol. The number of esters is 3. The zero-order valence-electron chi connectivity index (χ0n) is 19.8. The summed E-state index contributed by atoms with van der Waals surface area (Å²) in [6.45, 7) is 5.13. The van der Waals surface area contributed by atoms with Gasteiger partial charge < -0.3 is 24.8 Å². The van der Waals surface area contributed by atoms with Gasteiger partial charge in [0.2, 0.25) is 0 Å². The van der Waals surface area contributed by atoms with Crippen LogP contribution in [0.1, 0.15) is 33.3 Å². The highest BCUT2D eigenvalue weighted by molar-refractivity contribution is 6.31. The van der Waals surface area contributed by atoms with Gasteiger partial charge in [0.15, 0.2) is 6.61 Å². The zero-order valence-corrected chi connectivity index (χ0v) is 20.6. The lowest BCUT2D eigenvalue weighted by atomic mass is 9.85. The number of anilines is 1. The summed E-state index contributed by atoms with van der Waals surface area (Å²) in [6.07, 6.45) is -4.75. The fraction of sp³-hybridized carbons (Fsp3) is 0.391. The third-order valence-electron chi connectivity index (χ3n) is 4.89. The molecular formula is C23H24ClF3N2O7. The highest BCUT2D eigenvalue weighted by Gasteiger charge is 2.42. The first kappa shape index (κ1) is 28.7. The lowest BCUT2D eigenvalue weighted by Crippen LogP contribution is -2.39. The molecule has 0 unspecified atom stereocenters. The van der Waals surface area contributed by atoms with Gasteiger partial charge in [-0.1, -0.05) is 11.6 Å². The summed E-state index contributed by atoms with van der Waals surface area (Å²) in [5.41, 5.74) is -1.35. The van der Waals surface area contributed by atoms with Crippen molar-refractivity contribution in [3.8, 4) is 0 Å². The number of amides is 1. The van der Waals surface area contributed by atoms with Crippen molar-refractivity contribution < 1.29 is 46.6 Å². The summed E-state index contributed by atoms with van der Waals surface area (Å²) in [5.74, 6) is -5.44. The van der Waals surface area contributed by atoms with Crippen molar-refractivity contribution in [2.75, 3.05) is 25.1 Å². The molecule has 0 bridgehead atoms. The molecule has 0 spiro atoms. The van der Waals surface area contributed by atoms with Gasteiger partial charge in [0.25, 0.3) is 5.91 Å². The molecule has 0 atom stereocenters. The number of alkyl halides is 3. The molecule has 2 N–H and O–H groups in total. The Morgan fingerprint density at radius 2 is 1.50 bits per heavy atom. The predicted octanol–water partition coefficient (Wildman–Crippen LogP) is 3.73. The number of allylic oxidation sites excluding steroid dienone is 2. The number of nitrogens with one attached hydrogen (secondary N) is 2. The van der Waals surface area contributed by atoms with Crippen LogP contribution in [-0.4, -0.2) is 43.6 Å². The molecule has 196 valence electrons. The van der Waals surface area contributed by atoms with E-state index in [4.69, 9.17) is 25.8 Å². The summed E-state index contributed by atoms with van der Waals surface area (Å²) in [6, 6.07) is 2.73. The van der Waals surface area contributed by atoms with Gasteiger partial charge in [-0.3, -0.25) is 9.59 Å². The fourth-order valence-electron chi connectivity index (χ4n) is 3.43. The van der Waals surface area contributed by atoms with Crippen LogP contribution in [0.25, 0.3) is 0 Å². The van der Waals surface area contributed by atoms with Crippen LogP contribution in [0.2, 0.25) is 5.02 Å². The Labute approximate surface area is 209 Å². The number of dihydropyridines is 1. The normalized spacial score (nSPS) is 14.2. The quantitative estimate of drug-likeness (QED) is 0.384. The molecule has 1 aromatic rings. The van der Waals surface area contributed by atoms with Gasteiger partial charge in [0.1, 0.15) is 5.92 Å². The SMILES string of the molecule is CCOC(=O)C1=C(C)NC(C)=C(C(=O)OCC)C1C(=O)OCC(=O)Nc1ccc(Cl)c(C(F)(F)F)c1. The van der Waals surface area contributed by atoms with Crippen LogP contribution in [0.3, 0.4) is 0 Å². The van der Waals surface area contributed by atoms with E-state index in [0.717, 1.165) is 12.1 Å². The smallest absolute Gasteiger partial charge is 0.417 e. The molecule has 36 heavy (non-hydrogen) atoms. The Hall–Kier alpha value is -3.54. The number of halogens is 4. The topological polar surface area (TPSA) is 120 Å². The molecule has 1 heterocycles. The fourth-order valence-corrected chi connectivity index (χ4v) is 3.65. The lowest BCUT2D eigenvalue weighted by molar-refractivity contribution is -0.153. The Morgan fingerprint density at radius 1 is 0.972 bits per heavy atom. The average molecular weight is 533 g/mol. The monoisotopic (exact) mass is 532 g/mol. The van der Waals surface area contributed by atoms with Gasteiger partial charge in [-0.2, -0.15) is 13.2 Å². The van der Waals surface area contributed by atoms with Crippen molar-refractivity contribution >= 4 is 41.1 Å². The maximum absolute atomic E-state index is 13.0. The number of benzene rings is 1. The molecular weight excluding hydrogens is 509 g/mol. The molecule has 2 rings (SSSR count). The van der Waals surface area contributed by atoms with E-state index < -0.39 is 53.1 Å². The molecule has 0 saturated carbocycles. The molecule has 0 saturated heterocycles. The third kappa shape index (κ3) is 6.78. The van der Waals surface area contributed by atoms with E-state index in [2.05, 4.69) is 10.6 Å². The second-order valence-electron chi connectivity index (χ2n) is 7.42. The lowest BCUT2D eigenvalue weighted by Gasteiger charge is -2.28. The Bertz CT molecular complexity index is 1090. The molecule has 9 nitrogen and oxygen atoms in total. The number of carbonyl (C=O) groups excluding carboxylic acids is 4. The van der Waals surface area contributed by atoms with Crippen LogP contribution in [-0.2, 0) is 39.6 Å². The molecule has 0 aromatic heterocycles. The third-order valence-corrected chi connectivity index (χ3v) is 5.22. The zero-order chi connectivity index (χ0) is 27.2. The average Bonchev–Trinajstić information content (AvgIpc) is 2.77. The minimum Gasteiger partial charge on any atom is -0.463 e. The van der Waals surface area contributed by atoms with Crippen LogP contribution in [0.4, 0.5) is 18.9 Å². The van der Waals surface area contributed by atoms with Gasteiger partial charge in [-0.25, -0.2) is 9.59 Å². The minimum atomic E-state index is -4.75. The summed E-state index contributed by atoms with van der Waals surface area (Å²) < 4.78 is 54.2. The van der Waals surface area contributed by atoms with E-state index in [1.165, 1.54) is 13.8 Å². The van der Waals surface area contributed by atoms with Crippen LogP contribution in [0.15, 0.2) is 40.7 Å². The molecule has 13 heteroatoms. The Balaban J connectivity index is 2.26. The van der Waals surface area contributed by atoms with Gasteiger partial charge in [-0.05, 0) is 45.9 Å².